The van der Waals surface area contributed by atoms with E-state index in [2.05, 4.69) is 15.5 Å². The number of hydrogen-bond donors (Lipinski definition) is 1. The van der Waals surface area contributed by atoms with Gasteiger partial charge in [0.1, 0.15) is 0 Å². The number of rotatable bonds is 7. The molecule has 0 aliphatic carbocycles. The summed E-state index contributed by atoms with van der Waals surface area (Å²) >= 11 is 9.04. The molecule has 5 nitrogen and oxygen atoms in total. The maximum atomic E-state index is 12.0. The van der Waals surface area contributed by atoms with Crippen LogP contribution >= 0.6 is 35.1 Å². The summed E-state index contributed by atoms with van der Waals surface area (Å²) in [6.45, 7) is 0. The number of carbonyl (C=O) groups excluding carboxylic acids is 1. The maximum Gasteiger partial charge on any atom is 0.322 e. The van der Waals surface area contributed by atoms with Crippen molar-refractivity contribution in [2.75, 3.05) is 17.3 Å². The molecule has 1 aromatic heterocycles. The van der Waals surface area contributed by atoms with E-state index in [1.54, 1.807) is 23.5 Å². The average Bonchev–Trinajstić information content (AvgIpc) is 3.11. The smallest absolute Gasteiger partial charge is 0.322 e. The molecule has 1 amide bonds. The van der Waals surface area contributed by atoms with Crippen molar-refractivity contribution in [1.82, 2.24) is 10.2 Å². The van der Waals surface area contributed by atoms with E-state index in [9.17, 15) is 4.79 Å². The van der Waals surface area contributed by atoms with E-state index in [4.69, 9.17) is 16.0 Å². The van der Waals surface area contributed by atoms with Crippen LogP contribution < -0.4 is 5.32 Å². The first kappa shape index (κ1) is 18.8. The number of hydrogen-bond acceptors (Lipinski definition) is 6. The van der Waals surface area contributed by atoms with Gasteiger partial charge in [-0.15, -0.1) is 28.6 Å². The normalized spacial score (nSPS) is 10.7. The number of benzene rings is 2. The molecule has 134 valence electrons. The third-order valence-electron chi connectivity index (χ3n) is 3.42. The van der Waals surface area contributed by atoms with Crippen LogP contribution in [0, 0.1) is 0 Å². The topological polar surface area (TPSA) is 68.0 Å². The van der Waals surface area contributed by atoms with Crippen LogP contribution in [-0.2, 0) is 4.79 Å². The van der Waals surface area contributed by atoms with Crippen LogP contribution in [-0.4, -0.2) is 28.1 Å². The third-order valence-corrected chi connectivity index (χ3v) is 5.48. The molecule has 8 heteroatoms. The second-order valence-corrected chi connectivity index (χ2v) is 7.67. The molecule has 2 aromatic carbocycles. The Morgan fingerprint density at radius 2 is 1.92 bits per heavy atom. The molecule has 3 rings (SSSR count). The van der Waals surface area contributed by atoms with Gasteiger partial charge >= 0.3 is 6.01 Å². The van der Waals surface area contributed by atoms with Gasteiger partial charge in [-0.25, -0.2) is 0 Å². The van der Waals surface area contributed by atoms with Gasteiger partial charge in [0.2, 0.25) is 5.91 Å². The molecule has 0 atom stereocenters. The monoisotopic (exact) mass is 405 g/mol. The Morgan fingerprint density at radius 3 is 2.69 bits per heavy atom. The molecular weight excluding hydrogens is 390 g/mol. The molecule has 0 aliphatic rings. The van der Waals surface area contributed by atoms with E-state index in [-0.39, 0.29) is 11.9 Å². The first-order valence-corrected chi connectivity index (χ1v) is 10.4. The average molecular weight is 406 g/mol. The van der Waals surface area contributed by atoms with Crippen molar-refractivity contribution < 1.29 is 9.21 Å². The Kier molecular flexibility index (Phi) is 6.60. The van der Waals surface area contributed by atoms with Crippen LogP contribution in [0.2, 0.25) is 5.02 Å². The van der Waals surface area contributed by atoms with E-state index in [0.717, 1.165) is 15.4 Å². The number of carbonyl (C=O) groups is 1. The Bertz CT molecular complexity index is 884. The molecule has 0 saturated heterocycles. The Balaban J connectivity index is 1.53. The quantitative estimate of drug-likeness (QED) is 0.542. The van der Waals surface area contributed by atoms with E-state index in [1.807, 2.05) is 54.8 Å². The number of amides is 1. The van der Waals surface area contributed by atoms with Crippen molar-refractivity contribution in [3.05, 3.63) is 53.6 Å². The molecule has 1 heterocycles. The first-order chi connectivity index (χ1) is 12.7. The molecule has 1 N–H and O–H groups in total. The predicted octanol–water partition coefficient (Wildman–Crippen LogP) is 5.23. The summed E-state index contributed by atoms with van der Waals surface area (Å²) in [6, 6.07) is 15.4. The minimum Gasteiger partial charge on any atom is -0.403 e. The van der Waals surface area contributed by atoms with Gasteiger partial charge in [-0.2, -0.15) is 0 Å². The molecule has 0 fully saturated rings. The lowest BCUT2D eigenvalue weighted by Crippen LogP contribution is -2.12. The lowest BCUT2D eigenvalue weighted by Gasteiger charge is -2.03. The van der Waals surface area contributed by atoms with Gasteiger partial charge in [-0.3, -0.25) is 10.1 Å². The molecule has 0 aliphatic heterocycles. The fourth-order valence-electron chi connectivity index (χ4n) is 2.18. The lowest BCUT2D eigenvalue weighted by molar-refractivity contribution is -0.115. The number of halogens is 1. The van der Waals surface area contributed by atoms with E-state index >= 15 is 0 Å². The minimum absolute atomic E-state index is 0.109. The zero-order chi connectivity index (χ0) is 18.4. The highest BCUT2D eigenvalue weighted by atomic mass is 35.5. The van der Waals surface area contributed by atoms with Gasteiger partial charge < -0.3 is 4.42 Å². The van der Waals surface area contributed by atoms with E-state index < -0.39 is 0 Å². The third kappa shape index (κ3) is 5.03. The van der Waals surface area contributed by atoms with Gasteiger partial charge in [-0.05, 0) is 42.7 Å². The highest BCUT2D eigenvalue weighted by Crippen LogP contribution is 2.29. The van der Waals surface area contributed by atoms with Crippen LogP contribution in [0.3, 0.4) is 0 Å². The van der Waals surface area contributed by atoms with Crippen LogP contribution in [0.15, 0.2) is 62.7 Å². The fraction of sp³-hybridized carbons (Fsp3) is 0.167. The molecule has 0 bridgehead atoms. The van der Waals surface area contributed by atoms with Gasteiger partial charge in [-0.1, -0.05) is 28.8 Å². The summed E-state index contributed by atoms with van der Waals surface area (Å²) in [6.07, 6.45) is 2.32. The summed E-state index contributed by atoms with van der Waals surface area (Å²) in [5.74, 6) is 0.865. The van der Waals surface area contributed by atoms with Gasteiger partial charge in [0.25, 0.3) is 5.89 Å². The van der Waals surface area contributed by atoms with E-state index in [0.29, 0.717) is 23.1 Å². The summed E-state index contributed by atoms with van der Waals surface area (Å²) in [5.41, 5.74) is 0.853. The van der Waals surface area contributed by atoms with Gasteiger partial charge in [0.05, 0.1) is 5.56 Å². The molecule has 0 radical (unpaired) electrons. The largest absolute Gasteiger partial charge is 0.403 e. The van der Waals surface area contributed by atoms with Gasteiger partial charge in [0.15, 0.2) is 0 Å². The standard InChI is InChI=1S/C18H16ClN3O2S2/c1-25-15-5-3-2-4-14(15)17-21-22-18(24-17)20-16(23)10-11-26-13-8-6-12(19)7-9-13/h2-9H,10-11H2,1H3,(H,20,22,23). The molecule has 26 heavy (non-hydrogen) atoms. The highest BCUT2D eigenvalue weighted by Gasteiger charge is 2.13. The molecule has 0 unspecified atom stereocenters. The fourth-order valence-corrected chi connectivity index (χ4v) is 3.75. The Hall–Kier alpha value is -1.96. The van der Waals surface area contributed by atoms with Crippen molar-refractivity contribution in [1.29, 1.82) is 0 Å². The molecule has 0 spiro atoms. The highest BCUT2D eigenvalue weighted by molar-refractivity contribution is 7.99. The van der Waals surface area contributed by atoms with Crippen molar-refractivity contribution in [2.24, 2.45) is 0 Å². The number of nitrogens with zero attached hydrogens (tertiary/aromatic N) is 2. The minimum atomic E-state index is -0.167. The number of aromatic nitrogens is 2. The zero-order valence-electron chi connectivity index (χ0n) is 13.9. The van der Waals surface area contributed by atoms with Crippen LogP contribution in [0.1, 0.15) is 6.42 Å². The Morgan fingerprint density at radius 1 is 1.15 bits per heavy atom. The number of anilines is 1. The van der Waals surface area contributed by atoms with Crippen LogP contribution in [0.25, 0.3) is 11.5 Å². The van der Waals surface area contributed by atoms with E-state index in [1.165, 1.54) is 0 Å². The van der Waals surface area contributed by atoms with Crippen LogP contribution in [0.4, 0.5) is 6.01 Å². The van der Waals surface area contributed by atoms with Crippen molar-refractivity contribution >= 4 is 47.0 Å². The summed E-state index contributed by atoms with van der Waals surface area (Å²) < 4.78 is 5.57. The molecule has 3 aromatic rings. The van der Waals surface area contributed by atoms with Crippen molar-refractivity contribution in [3.63, 3.8) is 0 Å². The number of thioether (sulfide) groups is 2. The van der Waals surface area contributed by atoms with Crippen molar-refractivity contribution in [3.8, 4) is 11.5 Å². The van der Waals surface area contributed by atoms with Crippen molar-refractivity contribution in [2.45, 2.75) is 16.2 Å². The predicted molar refractivity (Wildman–Crippen MR) is 107 cm³/mol. The zero-order valence-corrected chi connectivity index (χ0v) is 16.3. The summed E-state index contributed by atoms with van der Waals surface area (Å²) in [7, 11) is 0. The maximum absolute atomic E-state index is 12.0. The lowest BCUT2D eigenvalue weighted by atomic mass is 10.2. The van der Waals surface area contributed by atoms with Crippen LogP contribution in [0.5, 0.6) is 0 Å². The van der Waals surface area contributed by atoms with Gasteiger partial charge in [0, 0.05) is 27.0 Å². The molecule has 0 saturated carbocycles. The number of nitrogens with one attached hydrogen (secondary N) is 1. The molecular formula is C18H16ClN3O2S2. The summed E-state index contributed by atoms with van der Waals surface area (Å²) in [4.78, 5) is 14.1. The Labute approximate surface area is 164 Å². The first-order valence-electron chi connectivity index (χ1n) is 7.81. The summed E-state index contributed by atoms with van der Waals surface area (Å²) in [5, 5.41) is 11.3. The SMILES string of the molecule is CSc1ccccc1-c1nnc(NC(=O)CCSc2ccc(Cl)cc2)o1. The second kappa shape index (κ2) is 9.12. The second-order valence-electron chi connectivity index (χ2n) is 5.21.